The first-order valence-corrected chi connectivity index (χ1v) is 8.42. The average Bonchev–Trinajstić information content (AvgIpc) is 3.00. The molecular formula is C19H21ClN2O. The molecule has 3 rings (SSSR count). The Kier molecular flexibility index (Phi) is 4.97. The summed E-state index contributed by atoms with van der Waals surface area (Å²) in [5.41, 5.74) is 3.26. The first kappa shape index (κ1) is 16.0. The number of likely N-dealkylation sites (tertiary alicyclic amines) is 1. The van der Waals surface area contributed by atoms with Gasteiger partial charge in [-0.3, -0.25) is 9.78 Å². The highest BCUT2D eigenvalue weighted by molar-refractivity contribution is 6.30. The molecular weight excluding hydrogens is 308 g/mol. The van der Waals surface area contributed by atoms with Crippen molar-refractivity contribution in [2.75, 3.05) is 13.1 Å². The van der Waals surface area contributed by atoms with E-state index in [2.05, 4.69) is 17.1 Å². The molecule has 120 valence electrons. The molecule has 0 aliphatic carbocycles. The van der Waals surface area contributed by atoms with E-state index >= 15 is 0 Å². The SMILES string of the molecule is Cc1cccnc1CC(=O)N1CCC(Cc2ccc(Cl)cc2)C1. The molecule has 0 bridgehead atoms. The van der Waals surface area contributed by atoms with Crippen LogP contribution in [0.3, 0.4) is 0 Å². The summed E-state index contributed by atoms with van der Waals surface area (Å²) in [7, 11) is 0. The second kappa shape index (κ2) is 7.14. The number of halogens is 1. The fraction of sp³-hybridized carbons (Fsp3) is 0.368. The summed E-state index contributed by atoms with van der Waals surface area (Å²) < 4.78 is 0. The molecule has 0 spiro atoms. The molecule has 2 aromatic rings. The summed E-state index contributed by atoms with van der Waals surface area (Å²) in [4.78, 5) is 18.8. The molecule has 23 heavy (non-hydrogen) atoms. The zero-order valence-electron chi connectivity index (χ0n) is 13.3. The predicted molar refractivity (Wildman–Crippen MR) is 92.5 cm³/mol. The number of benzene rings is 1. The van der Waals surface area contributed by atoms with Gasteiger partial charge in [0, 0.05) is 24.3 Å². The molecule has 1 aliphatic rings. The van der Waals surface area contributed by atoms with Crippen molar-refractivity contribution in [3.63, 3.8) is 0 Å². The number of aryl methyl sites for hydroxylation is 1. The third-order valence-electron chi connectivity index (χ3n) is 4.51. The monoisotopic (exact) mass is 328 g/mol. The zero-order chi connectivity index (χ0) is 16.2. The van der Waals surface area contributed by atoms with E-state index in [0.717, 1.165) is 42.2 Å². The van der Waals surface area contributed by atoms with E-state index in [-0.39, 0.29) is 5.91 Å². The van der Waals surface area contributed by atoms with Crippen molar-refractivity contribution < 1.29 is 4.79 Å². The molecule has 1 saturated heterocycles. The molecule has 2 heterocycles. The number of hydrogen-bond donors (Lipinski definition) is 0. The number of carbonyl (C=O) groups is 1. The number of rotatable bonds is 4. The average molecular weight is 329 g/mol. The second-order valence-corrected chi connectivity index (χ2v) is 6.71. The Morgan fingerprint density at radius 1 is 1.30 bits per heavy atom. The van der Waals surface area contributed by atoms with E-state index < -0.39 is 0 Å². The van der Waals surface area contributed by atoms with E-state index in [1.165, 1.54) is 5.56 Å². The molecule has 3 nitrogen and oxygen atoms in total. The minimum atomic E-state index is 0.186. The number of pyridine rings is 1. The molecule has 1 amide bonds. The van der Waals surface area contributed by atoms with Crippen LogP contribution in [0.4, 0.5) is 0 Å². The molecule has 1 aliphatic heterocycles. The van der Waals surface area contributed by atoms with E-state index in [9.17, 15) is 4.79 Å². The van der Waals surface area contributed by atoms with Gasteiger partial charge in [0.05, 0.1) is 12.1 Å². The second-order valence-electron chi connectivity index (χ2n) is 6.27. The van der Waals surface area contributed by atoms with Crippen LogP contribution >= 0.6 is 11.6 Å². The Morgan fingerprint density at radius 3 is 2.83 bits per heavy atom. The largest absolute Gasteiger partial charge is 0.342 e. The maximum Gasteiger partial charge on any atom is 0.228 e. The van der Waals surface area contributed by atoms with Gasteiger partial charge in [0.2, 0.25) is 5.91 Å². The van der Waals surface area contributed by atoms with Crippen LogP contribution in [0.1, 0.15) is 23.2 Å². The van der Waals surface area contributed by atoms with Crippen LogP contribution in [0.15, 0.2) is 42.6 Å². The summed E-state index contributed by atoms with van der Waals surface area (Å²) in [6.45, 7) is 3.69. The Balaban J connectivity index is 1.55. The maximum absolute atomic E-state index is 12.5. The summed E-state index contributed by atoms with van der Waals surface area (Å²) in [5, 5.41) is 0.766. The Hall–Kier alpha value is -1.87. The van der Waals surface area contributed by atoms with Crippen LogP contribution in [0.2, 0.25) is 5.02 Å². The normalized spacial score (nSPS) is 17.5. The summed E-state index contributed by atoms with van der Waals surface area (Å²) in [5.74, 6) is 0.718. The van der Waals surface area contributed by atoms with Gasteiger partial charge in [0.1, 0.15) is 0 Å². The van der Waals surface area contributed by atoms with Gasteiger partial charge in [-0.15, -0.1) is 0 Å². The van der Waals surface area contributed by atoms with Gasteiger partial charge >= 0.3 is 0 Å². The first-order chi connectivity index (χ1) is 11.1. The molecule has 1 unspecified atom stereocenters. The molecule has 0 radical (unpaired) electrons. The van der Waals surface area contributed by atoms with Crippen molar-refractivity contribution in [3.05, 3.63) is 64.4 Å². The van der Waals surface area contributed by atoms with Crippen LogP contribution in [-0.2, 0) is 17.6 Å². The third kappa shape index (κ3) is 4.11. The van der Waals surface area contributed by atoms with E-state index in [0.29, 0.717) is 12.3 Å². The van der Waals surface area contributed by atoms with Gasteiger partial charge in [-0.1, -0.05) is 29.8 Å². The number of nitrogens with zero attached hydrogens (tertiary/aromatic N) is 2. The first-order valence-electron chi connectivity index (χ1n) is 8.04. The molecule has 1 atom stereocenters. The minimum Gasteiger partial charge on any atom is -0.342 e. The highest BCUT2D eigenvalue weighted by Crippen LogP contribution is 2.22. The fourth-order valence-electron chi connectivity index (χ4n) is 3.14. The predicted octanol–water partition coefficient (Wildman–Crippen LogP) is 3.68. The smallest absolute Gasteiger partial charge is 0.228 e. The fourth-order valence-corrected chi connectivity index (χ4v) is 3.26. The zero-order valence-corrected chi connectivity index (χ0v) is 14.1. The summed E-state index contributed by atoms with van der Waals surface area (Å²) >= 11 is 5.92. The molecule has 1 fully saturated rings. The molecule has 0 N–H and O–H groups in total. The lowest BCUT2D eigenvalue weighted by Gasteiger charge is -2.17. The molecule has 1 aromatic heterocycles. The topological polar surface area (TPSA) is 33.2 Å². The van der Waals surface area contributed by atoms with Gasteiger partial charge in [0.25, 0.3) is 0 Å². The summed E-state index contributed by atoms with van der Waals surface area (Å²) in [6.07, 6.45) is 4.22. The van der Waals surface area contributed by atoms with Gasteiger partial charge < -0.3 is 4.90 Å². The number of aromatic nitrogens is 1. The molecule has 0 saturated carbocycles. The highest BCUT2D eigenvalue weighted by atomic mass is 35.5. The lowest BCUT2D eigenvalue weighted by atomic mass is 9.99. The van der Waals surface area contributed by atoms with Crippen LogP contribution in [0, 0.1) is 12.8 Å². The Morgan fingerprint density at radius 2 is 2.09 bits per heavy atom. The van der Waals surface area contributed by atoms with Gasteiger partial charge in [-0.05, 0) is 55.0 Å². The lowest BCUT2D eigenvalue weighted by molar-refractivity contribution is -0.129. The highest BCUT2D eigenvalue weighted by Gasteiger charge is 2.26. The maximum atomic E-state index is 12.5. The van der Waals surface area contributed by atoms with Crippen molar-refractivity contribution in [1.29, 1.82) is 0 Å². The van der Waals surface area contributed by atoms with E-state index in [1.807, 2.05) is 36.1 Å². The standard InChI is InChI=1S/C19H21ClN2O/c1-14-3-2-9-21-18(14)12-19(23)22-10-8-16(13-22)11-15-4-6-17(20)7-5-15/h2-7,9,16H,8,10-13H2,1H3. The molecule has 1 aromatic carbocycles. The Bertz CT molecular complexity index is 684. The minimum absolute atomic E-state index is 0.186. The van der Waals surface area contributed by atoms with Crippen molar-refractivity contribution in [2.24, 2.45) is 5.92 Å². The van der Waals surface area contributed by atoms with E-state index in [1.54, 1.807) is 6.20 Å². The third-order valence-corrected chi connectivity index (χ3v) is 4.76. The number of carbonyl (C=O) groups excluding carboxylic acids is 1. The van der Waals surface area contributed by atoms with Crippen molar-refractivity contribution >= 4 is 17.5 Å². The van der Waals surface area contributed by atoms with Crippen molar-refractivity contribution in [3.8, 4) is 0 Å². The van der Waals surface area contributed by atoms with E-state index in [4.69, 9.17) is 11.6 Å². The van der Waals surface area contributed by atoms with Crippen LogP contribution in [-0.4, -0.2) is 28.9 Å². The van der Waals surface area contributed by atoms with Crippen LogP contribution in [0.25, 0.3) is 0 Å². The van der Waals surface area contributed by atoms with Crippen molar-refractivity contribution in [1.82, 2.24) is 9.88 Å². The summed E-state index contributed by atoms with van der Waals surface area (Å²) in [6, 6.07) is 11.9. The van der Waals surface area contributed by atoms with Crippen LogP contribution < -0.4 is 0 Å². The van der Waals surface area contributed by atoms with Gasteiger partial charge in [-0.2, -0.15) is 0 Å². The quantitative estimate of drug-likeness (QED) is 0.857. The number of hydrogen-bond acceptors (Lipinski definition) is 2. The Labute approximate surface area is 142 Å². The van der Waals surface area contributed by atoms with Crippen LogP contribution in [0.5, 0.6) is 0 Å². The molecule has 4 heteroatoms. The van der Waals surface area contributed by atoms with Gasteiger partial charge in [-0.25, -0.2) is 0 Å². The van der Waals surface area contributed by atoms with Crippen molar-refractivity contribution in [2.45, 2.75) is 26.2 Å². The van der Waals surface area contributed by atoms with Gasteiger partial charge in [0.15, 0.2) is 0 Å². The number of amides is 1. The lowest BCUT2D eigenvalue weighted by Crippen LogP contribution is -2.30.